The molecule has 0 aliphatic heterocycles. The minimum atomic E-state index is -0.407. The summed E-state index contributed by atoms with van der Waals surface area (Å²) in [5, 5.41) is 31.5. The first-order valence-corrected chi connectivity index (χ1v) is 12.8. The van der Waals surface area contributed by atoms with Gasteiger partial charge in [0.1, 0.15) is 17.3 Å². The summed E-state index contributed by atoms with van der Waals surface area (Å²) >= 11 is 0. The fourth-order valence-corrected chi connectivity index (χ4v) is 4.28. The van der Waals surface area contributed by atoms with Gasteiger partial charge < -0.3 is 25.4 Å². The van der Waals surface area contributed by atoms with E-state index in [1.54, 1.807) is 0 Å². The molecule has 0 spiro atoms. The van der Waals surface area contributed by atoms with Gasteiger partial charge in [-0.05, 0) is 54.8 Å². The Bertz CT molecular complexity index is 1380. The van der Waals surface area contributed by atoms with E-state index in [9.17, 15) is 19.4 Å². The van der Waals surface area contributed by atoms with Crippen LogP contribution in [0.2, 0.25) is 0 Å². The lowest BCUT2D eigenvalue weighted by Crippen LogP contribution is -2.23. The van der Waals surface area contributed by atoms with Gasteiger partial charge in [0.25, 0.3) is 5.91 Å². The minimum absolute atomic E-state index is 0.0862. The Labute approximate surface area is 221 Å². The Hall–Kier alpha value is -4.17. The number of phenolic OH excluding ortho intramolecular Hbond substituents is 2. The van der Waals surface area contributed by atoms with Crippen molar-refractivity contribution in [1.82, 2.24) is 15.8 Å². The standard InChI is InChI=1S/C30H32FN3O4/c1-3-5-6-15-32-18-19-7-9-21(10-8-19)27-28(30(37)33-4-2)34-38-29(27)24-16-23(25(35)17-26(24)36)20-11-13-22(31)14-12-20/h7-14,16-17,32,35-36H,3-6,15,18H2,1-2H3,(H,33,37). The van der Waals surface area contributed by atoms with Gasteiger partial charge in [0.2, 0.25) is 0 Å². The molecule has 0 saturated carbocycles. The van der Waals surface area contributed by atoms with E-state index in [0.29, 0.717) is 28.8 Å². The second-order valence-electron chi connectivity index (χ2n) is 9.07. The highest BCUT2D eigenvalue weighted by Crippen LogP contribution is 2.44. The number of benzene rings is 3. The summed E-state index contributed by atoms with van der Waals surface area (Å²) in [5.74, 6) is -1.07. The van der Waals surface area contributed by atoms with Crippen LogP contribution in [0.15, 0.2) is 65.2 Å². The molecule has 1 aromatic heterocycles. The number of phenols is 2. The van der Waals surface area contributed by atoms with Crippen LogP contribution >= 0.6 is 0 Å². The van der Waals surface area contributed by atoms with Crippen LogP contribution < -0.4 is 10.6 Å². The molecule has 4 N–H and O–H groups in total. The molecule has 0 saturated heterocycles. The number of aromatic hydroxyl groups is 2. The monoisotopic (exact) mass is 517 g/mol. The van der Waals surface area contributed by atoms with Gasteiger partial charge in [-0.15, -0.1) is 0 Å². The van der Waals surface area contributed by atoms with Crippen LogP contribution in [0.3, 0.4) is 0 Å². The van der Waals surface area contributed by atoms with Crippen molar-refractivity contribution in [3.8, 4) is 45.1 Å². The van der Waals surface area contributed by atoms with Crippen LogP contribution in [0, 0.1) is 5.82 Å². The fourth-order valence-electron chi connectivity index (χ4n) is 4.28. The summed E-state index contributed by atoms with van der Waals surface area (Å²) < 4.78 is 19.1. The summed E-state index contributed by atoms with van der Waals surface area (Å²) in [6.45, 7) is 6.06. The van der Waals surface area contributed by atoms with Crippen molar-refractivity contribution < 1.29 is 23.9 Å². The van der Waals surface area contributed by atoms with Crippen LogP contribution in [0.5, 0.6) is 11.5 Å². The van der Waals surface area contributed by atoms with Crippen molar-refractivity contribution in [3.05, 3.63) is 77.7 Å². The maximum absolute atomic E-state index is 13.5. The Kier molecular flexibility index (Phi) is 8.76. The smallest absolute Gasteiger partial charge is 0.274 e. The number of carbonyl (C=O) groups excluding carboxylic acids is 1. The van der Waals surface area contributed by atoms with E-state index >= 15 is 0 Å². The Balaban J connectivity index is 1.74. The summed E-state index contributed by atoms with van der Waals surface area (Å²) in [6, 6.07) is 16.1. The van der Waals surface area contributed by atoms with E-state index in [1.807, 2.05) is 31.2 Å². The first kappa shape index (κ1) is 26.9. The van der Waals surface area contributed by atoms with Crippen LogP contribution in [-0.2, 0) is 6.54 Å². The average molecular weight is 518 g/mol. The summed E-state index contributed by atoms with van der Waals surface area (Å²) in [4.78, 5) is 12.9. The quantitative estimate of drug-likeness (QED) is 0.175. The molecule has 0 radical (unpaired) electrons. The number of amides is 1. The number of hydrogen-bond donors (Lipinski definition) is 4. The molecule has 0 bridgehead atoms. The molecule has 8 heteroatoms. The highest BCUT2D eigenvalue weighted by atomic mass is 19.1. The lowest BCUT2D eigenvalue weighted by molar-refractivity contribution is 0.0947. The van der Waals surface area contributed by atoms with E-state index in [4.69, 9.17) is 4.52 Å². The van der Waals surface area contributed by atoms with Crippen LogP contribution in [0.1, 0.15) is 49.2 Å². The molecule has 1 heterocycles. The van der Waals surface area contributed by atoms with Crippen LogP contribution in [-0.4, -0.2) is 34.4 Å². The predicted octanol–water partition coefficient (Wildman–Crippen LogP) is 6.26. The Morgan fingerprint density at radius 2 is 1.61 bits per heavy atom. The fraction of sp³-hybridized carbons (Fsp3) is 0.267. The van der Waals surface area contributed by atoms with Gasteiger partial charge in [-0.1, -0.05) is 61.3 Å². The van der Waals surface area contributed by atoms with Crippen molar-refractivity contribution in [2.24, 2.45) is 0 Å². The molecule has 1 amide bonds. The Morgan fingerprint density at radius 3 is 2.29 bits per heavy atom. The van der Waals surface area contributed by atoms with E-state index in [0.717, 1.165) is 25.1 Å². The number of halogens is 1. The zero-order chi connectivity index (χ0) is 27.1. The topological polar surface area (TPSA) is 108 Å². The molecule has 0 fully saturated rings. The average Bonchev–Trinajstić information content (AvgIpc) is 3.35. The zero-order valence-corrected chi connectivity index (χ0v) is 21.6. The van der Waals surface area contributed by atoms with Gasteiger partial charge in [0.05, 0.1) is 11.1 Å². The third-order valence-electron chi connectivity index (χ3n) is 6.29. The van der Waals surface area contributed by atoms with E-state index in [1.165, 1.54) is 49.2 Å². The van der Waals surface area contributed by atoms with Gasteiger partial charge >= 0.3 is 0 Å². The van der Waals surface area contributed by atoms with Gasteiger partial charge in [-0.25, -0.2) is 4.39 Å². The zero-order valence-electron chi connectivity index (χ0n) is 21.6. The first-order valence-electron chi connectivity index (χ1n) is 12.8. The van der Waals surface area contributed by atoms with Crippen LogP contribution in [0.4, 0.5) is 4.39 Å². The third kappa shape index (κ3) is 6.03. The second kappa shape index (κ2) is 12.4. The highest BCUT2D eigenvalue weighted by molar-refractivity contribution is 6.03. The Morgan fingerprint density at radius 1 is 0.921 bits per heavy atom. The van der Waals surface area contributed by atoms with Gasteiger partial charge in [-0.2, -0.15) is 0 Å². The lowest BCUT2D eigenvalue weighted by atomic mass is 9.95. The molecule has 3 aromatic carbocycles. The number of carbonyl (C=O) groups is 1. The molecule has 198 valence electrons. The maximum atomic E-state index is 13.5. The van der Waals surface area contributed by atoms with Crippen molar-refractivity contribution >= 4 is 5.91 Å². The lowest BCUT2D eigenvalue weighted by Gasteiger charge is -2.11. The molecule has 7 nitrogen and oxygen atoms in total. The third-order valence-corrected chi connectivity index (χ3v) is 6.29. The van der Waals surface area contributed by atoms with Gasteiger partial charge in [0.15, 0.2) is 11.5 Å². The summed E-state index contributed by atoms with van der Waals surface area (Å²) in [5.41, 5.74) is 3.44. The number of aromatic nitrogens is 1. The largest absolute Gasteiger partial charge is 0.507 e. The molecule has 0 unspecified atom stereocenters. The summed E-state index contributed by atoms with van der Waals surface area (Å²) in [6.07, 6.45) is 3.50. The second-order valence-corrected chi connectivity index (χ2v) is 9.07. The molecule has 4 rings (SSSR count). The highest BCUT2D eigenvalue weighted by Gasteiger charge is 2.27. The molecule has 0 aliphatic carbocycles. The predicted molar refractivity (Wildman–Crippen MR) is 145 cm³/mol. The van der Waals surface area contributed by atoms with Gasteiger partial charge in [0, 0.05) is 24.7 Å². The van der Waals surface area contributed by atoms with Crippen molar-refractivity contribution in [2.75, 3.05) is 13.1 Å². The van der Waals surface area contributed by atoms with Crippen LogP contribution in [0.25, 0.3) is 33.6 Å². The minimum Gasteiger partial charge on any atom is -0.507 e. The molecule has 0 aliphatic rings. The summed E-state index contributed by atoms with van der Waals surface area (Å²) in [7, 11) is 0. The molecule has 4 aromatic rings. The number of unbranched alkanes of at least 4 members (excludes halogenated alkanes) is 2. The number of hydrogen-bond acceptors (Lipinski definition) is 6. The molecular formula is C30H32FN3O4. The molecule has 38 heavy (non-hydrogen) atoms. The SMILES string of the molecule is CCCCCNCc1ccc(-c2c(C(=O)NCC)noc2-c2cc(-c3ccc(F)cc3)c(O)cc2O)cc1. The van der Waals surface area contributed by atoms with Crippen molar-refractivity contribution in [1.29, 1.82) is 0 Å². The molecular weight excluding hydrogens is 485 g/mol. The van der Waals surface area contributed by atoms with E-state index < -0.39 is 11.7 Å². The number of rotatable bonds is 11. The maximum Gasteiger partial charge on any atom is 0.274 e. The first-order chi connectivity index (χ1) is 18.4. The molecule has 0 atom stereocenters. The van der Waals surface area contributed by atoms with Crippen molar-refractivity contribution in [3.63, 3.8) is 0 Å². The number of nitrogens with one attached hydrogen (secondary N) is 2. The van der Waals surface area contributed by atoms with Crippen molar-refractivity contribution in [2.45, 2.75) is 39.7 Å². The van der Waals surface area contributed by atoms with E-state index in [-0.39, 0.29) is 28.5 Å². The number of nitrogens with zero attached hydrogens (tertiary/aromatic N) is 1. The normalized spacial score (nSPS) is 11.0. The van der Waals surface area contributed by atoms with E-state index in [2.05, 4.69) is 22.7 Å². The van der Waals surface area contributed by atoms with Gasteiger partial charge in [-0.3, -0.25) is 4.79 Å².